The highest BCUT2D eigenvalue weighted by Gasteiger charge is 2.73. The highest BCUT2D eigenvalue weighted by molar-refractivity contribution is 6.80. The number of carbonyl (C=O) groups excluding carboxylic acids is 2. The molecule has 0 amide bonds. The maximum Gasteiger partial charge on any atom is 0.473 e. The van der Waals surface area contributed by atoms with Gasteiger partial charge in [-0.1, -0.05) is 6.92 Å². The third-order valence-corrected chi connectivity index (χ3v) is 1.80. The molecule has 0 atom stereocenters. The van der Waals surface area contributed by atoms with E-state index in [4.69, 9.17) is 0 Å². The molecule has 0 saturated carbocycles. The molecule has 0 fully saturated rings. The lowest BCUT2D eigenvalue weighted by Crippen LogP contribution is -2.56. The van der Waals surface area contributed by atoms with Crippen LogP contribution in [0.15, 0.2) is 0 Å². The topological polar surface area (TPSA) is 43.4 Å². The van der Waals surface area contributed by atoms with Crippen molar-refractivity contribution < 1.29 is 40.7 Å². The van der Waals surface area contributed by atoms with Crippen LogP contribution in [0.1, 0.15) is 13.3 Å². The highest BCUT2D eigenvalue weighted by atomic mass is 35.5. The molecule has 0 aromatic carbocycles. The molecule has 0 aliphatic heterocycles. The number of ether oxygens (including phenoxy) is 1. The van der Waals surface area contributed by atoms with Crippen LogP contribution in [-0.2, 0) is 14.3 Å². The Morgan fingerprint density at radius 3 is 1.82 bits per heavy atom. The maximum absolute atomic E-state index is 12.7. The first kappa shape index (κ1) is 16.0. The van der Waals surface area contributed by atoms with Crippen molar-refractivity contribution in [3.8, 4) is 0 Å². The minimum Gasteiger partial charge on any atom is -0.389 e. The molecule has 0 spiro atoms. The van der Waals surface area contributed by atoms with Gasteiger partial charge in [0.15, 0.2) is 0 Å². The van der Waals surface area contributed by atoms with E-state index in [1.165, 1.54) is 0 Å². The van der Waals surface area contributed by atoms with Crippen LogP contribution in [0.5, 0.6) is 0 Å². The van der Waals surface area contributed by atoms with Crippen LogP contribution in [0, 0.1) is 0 Å². The summed E-state index contributed by atoms with van der Waals surface area (Å²) in [5.74, 6) is -13.6. The standard InChI is InChI=1S/C7H5ClF6O3/c1-2-5(9,10)6(11,12)7(13,14)17-4(16)3(8)15/h2H2,1H3. The van der Waals surface area contributed by atoms with E-state index >= 15 is 0 Å². The number of esters is 1. The van der Waals surface area contributed by atoms with Crippen molar-refractivity contribution in [3.05, 3.63) is 0 Å². The second-order valence-corrected chi connectivity index (χ2v) is 3.16. The van der Waals surface area contributed by atoms with Crippen molar-refractivity contribution in [2.24, 2.45) is 0 Å². The van der Waals surface area contributed by atoms with Gasteiger partial charge in [0.05, 0.1) is 0 Å². The average molecular weight is 287 g/mol. The van der Waals surface area contributed by atoms with E-state index < -0.39 is 35.6 Å². The van der Waals surface area contributed by atoms with Gasteiger partial charge < -0.3 is 4.74 Å². The molecular weight excluding hydrogens is 282 g/mol. The lowest BCUT2D eigenvalue weighted by atomic mass is 10.1. The minimum absolute atomic E-state index is 0.526. The molecule has 0 aliphatic carbocycles. The van der Waals surface area contributed by atoms with Crippen LogP contribution >= 0.6 is 11.6 Å². The molecule has 0 aromatic heterocycles. The van der Waals surface area contributed by atoms with Gasteiger partial charge in [-0.2, -0.15) is 26.3 Å². The number of hydrogen-bond donors (Lipinski definition) is 0. The SMILES string of the molecule is CCC(F)(F)C(F)(F)C(F)(F)OC(=O)C(=O)Cl. The first-order chi connectivity index (χ1) is 7.39. The van der Waals surface area contributed by atoms with Gasteiger partial charge in [-0.25, -0.2) is 4.79 Å². The first-order valence-corrected chi connectivity index (χ1v) is 4.33. The number of hydrogen-bond acceptors (Lipinski definition) is 3. The van der Waals surface area contributed by atoms with E-state index in [0.29, 0.717) is 6.92 Å². The molecule has 0 aliphatic rings. The Labute approximate surface area is 95.7 Å². The first-order valence-electron chi connectivity index (χ1n) is 3.95. The fourth-order valence-electron chi connectivity index (χ4n) is 0.656. The van der Waals surface area contributed by atoms with E-state index in [9.17, 15) is 35.9 Å². The quantitative estimate of drug-likeness (QED) is 0.338. The van der Waals surface area contributed by atoms with Crippen molar-refractivity contribution in [2.75, 3.05) is 0 Å². The molecule has 0 saturated heterocycles. The summed E-state index contributed by atoms with van der Waals surface area (Å²) in [5, 5.41) is -2.14. The molecular formula is C7H5ClF6O3. The van der Waals surface area contributed by atoms with Crippen molar-refractivity contribution in [3.63, 3.8) is 0 Å². The van der Waals surface area contributed by atoms with Gasteiger partial charge in [-0.3, -0.25) is 4.79 Å². The van der Waals surface area contributed by atoms with E-state index in [1.54, 1.807) is 0 Å². The molecule has 0 N–H and O–H groups in total. The summed E-state index contributed by atoms with van der Waals surface area (Å²) in [6, 6.07) is 0. The van der Waals surface area contributed by atoms with Gasteiger partial charge in [-0.05, 0) is 11.6 Å². The Morgan fingerprint density at radius 1 is 1.12 bits per heavy atom. The fraction of sp³-hybridized carbons (Fsp3) is 0.714. The van der Waals surface area contributed by atoms with Crippen LogP contribution in [0.3, 0.4) is 0 Å². The van der Waals surface area contributed by atoms with Crippen LogP contribution in [0.4, 0.5) is 26.3 Å². The normalized spacial score (nSPS) is 13.4. The molecule has 0 aromatic rings. The van der Waals surface area contributed by atoms with Crippen LogP contribution in [0.25, 0.3) is 0 Å². The predicted molar refractivity (Wildman–Crippen MR) is 42.1 cm³/mol. The van der Waals surface area contributed by atoms with Crippen molar-refractivity contribution in [1.29, 1.82) is 0 Å². The lowest BCUT2D eigenvalue weighted by molar-refractivity contribution is -0.383. The molecule has 3 nitrogen and oxygen atoms in total. The smallest absolute Gasteiger partial charge is 0.389 e. The summed E-state index contributed by atoms with van der Waals surface area (Å²) in [6.07, 6.45) is -7.48. The van der Waals surface area contributed by atoms with Crippen LogP contribution in [-0.4, -0.2) is 29.2 Å². The zero-order chi connectivity index (χ0) is 14.1. The van der Waals surface area contributed by atoms with Crippen molar-refractivity contribution in [1.82, 2.24) is 0 Å². The summed E-state index contributed by atoms with van der Waals surface area (Å²) in [7, 11) is 0. The molecule has 0 heterocycles. The lowest BCUT2D eigenvalue weighted by Gasteiger charge is -2.30. The van der Waals surface area contributed by atoms with Gasteiger partial charge in [0, 0.05) is 6.42 Å². The zero-order valence-corrected chi connectivity index (χ0v) is 8.83. The minimum atomic E-state index is -5.96. The van der Waals surface area contributed by atoms with Crippen molar-refractivity contribution >= 4 is 22.8 Å². The Morgan fingerprint density at radius 2 is 1.53 bits per heavy atom. The maximum atomic E-state index is 12.7. The molecule has 100 valence electrons. The summed E-state index contributed by atoms with van der Waals surface area (Å²) >= 11 is 4.35. The Hall–Kier alpha value is -0.990. The zero-order valence-electron chi connectivity index (χ0n) is 8.08. The molecule has 0 bridgehead atoms. The molecule has 17 heavy (non-hydrogen) atoms. The third-order valence-electron chi connectivity index (χ3n) is 1.65. The van der Waals surface area contributed by atoms with Gasteiger partial charge in [0.2, 0.25) is 0 Å². The summed E-state index contributed by atoms with van der Waals surface area (Å²) in [5.41, 5.74) is 0. The summed E-state index contributed by atoms with van der Waals surface area (Å²) in [4.78, 5) is 20.3. The second-order valence-electron chi connectivity index (χ2n) is 2.81. The van der Waals surface area contributed by atoms with Gasteiger partial charge in [-0.15, -0.1) is 0 Å². The van der Waals surface area contributed by atoms with Gasteiger partial charge >= 0.3 is 29.2 Å². The number of halogens is 7. The largest absolute Gasteiger partial charge is 0.473 e. The van der Waals surface area contributed by atoms with E-state index in [-0.39, 0.29) is 0 Å². The third kappa shape index (κ3) is 3.02. The molecule has 0 rings (SSSR count). The molecule has 10 heteroatoms. The van der Waals surface area contributed by atoms with Crippen LogP contribution < -0.4 is 0 Å². The average Bonchev–Trinajstić information content (AvgIpc) is 2.16. The Bertz CT molecular complexity index is 330. The van der Waals surface area contributed by atoms with E-state index in [2.05, 4.69) is 16.3 Å². The highest BCUT2D eigenvalue weighted by Crippen LogP contribution is 2.47. The van der Waals surface area contributed by atoms with Crippen molar-refractivity contribution in [2.45, 2.75) is 31.3 Å². The number of alkyl halides is 6. The fourth-order valence-corrected chi connectivity index (χ4v) is 0.694. The number of rotatable bonds is 5. The van der Waals surface area contributed by atoms with Gasteiger partial charge in [0.25, 0.3) is 0 Å². The summed E-state index contributed by atoms with van der Waals surface area (Å²) < 4.78 is 78.3. The van der Waals surface area contributed by atoms with Crippen LogP contribution in [0.2, 0.25) is 0 Å². The Kier molecular flexibility index (Phi) is 4.44. The van der Waals surface area contributed by atoms with E-state index in [0.717, 1.165) is 0 Å². The van der Waals surface area contributed by atoms with E-state index in [1.807, 2.05) is 0 Å². The predicted octanol–water partition coefficient (Wildman–Crippen LogP) is 2.57. The summed E-state index contributed by atoms with van der Waals surface area (Å²) in [6.45, 7) is 0.526. The molecule has 0 radical (unpaired) electrons. The monoisotopic (exact) mass is 286 g/mol. The van der Waals surface area contributed by atoms with Gasteiger partial charge in [0.1, 0.15) is 0 Å². The molecule has 0 unspecified atom stereocenters. The Balaban J connectivity index is 5.17. The number of carbonyl (C=O) groups is 2. The second kappa shape index (κ2) is 4.71.